The SMILES string of the molecule is C[C@@H](OC(=O)c1ccc(S(=O)(=O)Nc2ccccc2)cc1)C(=O)NC1CC1. The summed E-state index contributed by atoms with van der Waals surface area (Å²) in [6.45, 7) is 1.50. The molecule has 0 unspecified atom stereocenters. The van der Waals surface area contributed by atoms with E-state index in [1.54, 1.807) is 30.3 Å². The Morgan fingerprint density at radius 1 is 1.04 bits per heavy atom. The molecule has 1 aliphatic carbocycles. The minimum atomic E-state index is -3.77. The van der Waals surface area contributed by atoms with E-state index in [0.29, 0.717) is 5.69 Å². The van der Waals surface area contributed by atoms with Gasteiger partial charge < -0.3 is 10.1 Å². The summed E-state index contributed by atoms with van der Waals surface area (Å²) in [6.07, 6.45) is 0.972. The molecule has 1 saturated carbocycles. The molecule has 0 saturated heterocycles. The van der Waals surface area contributed by atoms with Crippen LogP contribution in [0.3, 0.4) is 0 Å². The minimum absolute atomic E-state index is 0.0161. The summed E-state index contributed by atoms with van der Waals surface area (Å²) in [5.41, 5.74) is 0.608. The molecule has 1 fully saturated rings. The molecule has 0 spiro atoms. The van der Waals surface area contributed by atoms with E-state index in [2.05, 4.69) is 10.0 Å². The van der Waals surface area contributed by atoms with E-state index in [1.807, 2.05) is 0 Å². The molecule has 1 amide bonds. The monoisotopic (exact) mass is 388 g/mol. The van der Waals surface area contributed by atoms with E-state index in [4.69, 9.17) is 4.74 Å². The van der Waals surface area contributed by atoms with E-state index in [9.17, 15) is 18.0 Å². The third-order valence-corrected chi connectivity index (χ3v) is 5.40. The van der Waals surface area contributed by atoms with Crippen molar-refractivity contribution in [1.29, 1.82) is 0 Å². The van der Waals surface area contributed by atoms with Crippen LogP contribution < -0.4 is 10.0 Å². The highest BCUT2D eigenvalue weighted by Crippen LogP contribution is 2.19. The zero-order valence-corrected chi connectivity index (χ0v) is 15.5. The van der Waals surface area contributed by atoms with Crippen molar-refractivity contribution < 1.29 is 22.7 Å². The van der Waals surface area contributed by atoms with Crippen LogP contribution >= 0.6 is 0 Å². The summed E-state index contributed by atoms with van der Waals surface area (Å²) in [5, 5.41) is 2.76. The van der Waals surface area contributed by atoms with E-state index in [0.717, 1.165) is 12.8 Å². The second kappa shape index (κ2) is 7.79. The maximum absolute atomic E-state index is 12.4. The van der Waals surface area contributed by atoms with Crippen LogP contribution in [0, 0.1) is 0 Å². The number of rotatable bonds is 7. The van der Waals surface area contributed by atoms with Crippen molar-refractivity contribution in [1.82, 2.24) is 5.32 Å². The number of benzene rings is 2. The van der Waals surface area contributed by atoms with Gasteiger partial charge in [0.2, 0.25) is 0 Å². The molecule has 142 valence electrons. The smallest absolute Gasteiger partial charge is 0.338 e. The fourth-order valence-electron chi connectivity index (χ4n) is 2.32. The van der Waals surface area contributed by atoms with Gasteiger partial charge in [0.05, 0.1) is 10.5 Å². The van der Waals surface area contributed by atoms with Gasteiger partial charge in [-0.15, -0.1) is 0 Å². The quantitative estimate of drug-likeness (QED) is 0.709. The summed E-state index contributed by atoms with van der Waals surface area (Å²) in [5.74, 6) is -1.02. The molecule has 2 N–H and O–H groups in total. The minimum Gasteiger partial charge on any atom is -0.449 e. The molecule has 2 aromatic carbocycles. The van der Waals surface area contributed by atoms with Crippen LogP contribution in [0.2, 0.25) is 0 Å². The maximum Gasteiger partial charge on any atom is 0.338 e. The number of para-hydroxylation sites is 1. The zero-order chi connectivity index (χ0) is 19.4. The topological polar surface area (TPSA) is 102 Å². The fourth-order valence-corrected chi connectivity index (χ4v) is 3.38. The van der Waals surface area contributed by atoms with Crippen molar-refractivity contribution in [2.45, 2.75) is 36.8 Å². The molecule has 0 bridgehead atoms. The Kier molecular flexibility index (Phi) is 5.46. The Morgan fingerprint density at radius 3 is 2.26 bits per heavy atom. The first-order valence-electron chi connectivity index (χ1n) is 8.54. The molecule has 3 rings (SSSR count). The highest BCUT2D eigenvalue weighted by molar-refractivity contribution is 7.92. The van der Waals surface area contributed by atoms with Crippen molar-refractivity contribution in [3.8, 4) is 0 Å². The first-order valence-corrected chi connectivity index (χ1v) is 10.0. The first kappa shape index (κ1) is 18.9. The van der Waals surface area contributed by atoms with Gasteiger partial charge in [-0.2, -0.15) is 0 Å². The highest BCUT2D eigenvalue weighted by atomic mass is 32.2. The van der Waals surface area contributed by atoms with Crippen molar-refractivity contribution in [2.75, 3.05) is 4.72 Å². The summed E-state index contributed by atoms with van der Waals surface area (Å²) >= 11 is 0. The second-order valence-electron chi connectivity index (χ2n) is 6.33. The van der Waals surface area contributed by atoms with E-state index in [1.165, 1.54) is 31.2 Å². The van der Waals surface area contributed by atoms with Gasteiger partial charge in [-0.1, -0.05) is 18.2 Å². The van der Waals surface area contributed by atoms with Gasteiger partial charge in [0.25, 0.3) is 15.9 Å². The molecule has 0 heterocycles. The van der Waals surface area contributed by atoms with Crippen LogP contribution in [0.15, 0.2) is 59.5 Å². The van der Waals surface area contributed by atoms with Crippen LogP contribution in [-0.2, 0) is 19.6 Å². The van der Waals surface area contributed by atoms with Crippen molar-refractivity contribution in [2.24, 2.45) is 0 Å². The van der Waals surface area contributed by atoms with Gasteiger partial charge in [0, 0.05) is 11.7 Å². The lowest BCUT2D eigenvalue weighted by molar-refractivity contribution is -0.129. The van der Waals surface area contributed by atoms with Crippen molar-refractivity contribution in [3.63, 3.8) is 0 Å². The van der Waals surface area contributed by atoms with Crippen LogP contribution in [0.1, 0.15) is 30.1 Å². The zero-order valence-electron chi connectivity index (χ0n) is 14.7. The van der Waals surface area contributed by atoms with E-state index >= 15 is 0 Å². The number of nitrogens with one attached hydrogen (secondary N) is 2. The van der Waals surface area contributed by atoms with Gasteiger partial charge in [-0.05, 0) is 56.2 Å². The van der Waals surface area contributed by atoms with Gasteiger partial charge in [0.1, 0.15) is 0 Å². The molecule has 0 aliphatic heterocycles. The third-order valence-electron chi connectivity index (χ3n) is 4.00. The predicted molar refractivity (Wildman–Crippen MR) is 99.7 cm³/mol. The number of sulfonamides is 1. The molecular weight excluding hydrogens is 368 g/mol. The summed E-state index contributed by atoms with van der Waals surface area (Å²) in [6, 6.07) is 14.0. The number of carbonyl (C=O) groups is 2. The number of anilines is 1. The number of hydrogen-bond donors (Lipinski definition) is 2. The Labute approximate surface area is 157 Å². The molecule has 2 aromatic rings. The third kappa shape index (κ3) is 5.07. The van der Waals surface area contributed by atoms with Crippen molar-refractivity contribution >= 4 is 27.6 Å². The maximum atomic E-state index is 12.4. The Morgan fingerprint density at radius 2 is 1.67 bits per heavy atom. The second-order valence-corrected chi connectivity index (χ2v) is 8.01. The van der Waals surface area contributed by atoms with Gasteiger partial charge >= 0.3 is 5.97 Å². The largest absolute Gasteiger partial charge is 0.449 e. The van der Waals surface area contributed by atoms with Crippen LogP contribution in [0.25, 0.3) is 0 Å². The van der Waals surface area contributed by atoms with Crippen molar-refractivity contribution in [3.05, 3.63) is 60.2 Å². The lowest BCUT2D eigenvalue weighted by Gasteiger charge is -2.13. The first-order chi connectivity index (χ1) is 12.8. The van der Waals surface area contributed by atoms with Crippen LogP contribution in [0.4, 0.5) is 5.69 Å². The number of ether oxygens (including phenoxy) is 1. The Bertz CT molecular complexity index is 922. The molecule has 1 atom stereocenters. The number of hydrogen-bond acceptors (Lipinski definition) is 5. The normalized spacial score (nSPS) is 14.9. The molecule has 7 nitrogen and oxygen atoms in total. The molecule has 27 heavy (non-hydrogen) atoms. The Balaban J connectivity index is 1.63. The molecule has 0 radical (unpaired) electrons. The van der Waals surface area contributed by atoms with Gasteiger partial charge in [0.15, 0.2) is 6.10 Å². The molecule has 1 aliphatic rings. The van der Waals surface area contributed by atoms with Crippen LogP contribution in [-0.4, -0.2) is 32.4 Å². The molecule has 8 heteroatoms. The predicted octanol–water partition coefficient (Wildman–Crippen LogP) is 2.31. The summed E-state index contributed by atoms with van der Waals surface area (Å²) in [4.78, 5) is 24.0. The lowest BCUT2D eigenvalue weighted by atomic mass is 10.2. The summed E-state index contributed by atoms with van der Waals surface area (Å²) in [7, 11) is -3.77. The molecule has 0 aromatic heterocycles. The number of carbonyl (C=O) groups excluding carboxylic acids is 2. The van der Waals surface area contributed by atoms with Gasteiger partial charge in [-0.3, -0.25) is 9.52 Å². The van der Waals surface area contributed by atoms with Crippen LogP contribution in [0.5, 0.6) is 0 Å². The average molecular weight is 388 g/mol. The van der Waals surface area contributed by atoms with Gasteiger partial charge in [-0.25, -0.2) is 13.2 Å². The molecular formula is C19H20N2O5S. The Hall–Kier alpha value is -2.87. The average Bonchev–Trinajstić information content (AvgIpc) is 3.46. The van der Waals surface area contributed by atoms with E-state index < -0.39 is 22.1 Å². The fraction of sp³-hybridized carbons (Fsp3) is 0.263. The standard InChI is InChI=1S/C19H20N2O5S/c1-13(18(22)20-15-9-10-15)26-19(23)14-7-11-17(12-8-14)27(24,25)21-16-5-3-2-4-6-16/h2-8,11-13,15,21H,9-10H2,1H3,(H,20,22)/t13-/m1/s1. The highest BCUT2D eigenvalue weighted by Gasteiger charge is 2.27. The number of amides is 1. The summed E-state index contributed by atoms with van der Waals surface area (Å²) < 4.78 is 32.3. The lowest BCUT2D eigenvalue weighted by Crippen LogP contribution is -2.37. The van der Waals surface area contributed by atoms with E-state index in [-0.39, 0.29) is 22.4 Å². The number of esters is 1.